The van der Waals surface area contributed by atoms with Crippen molar-refractivity contribution in [3.05, 3.63) is 52.3 Å². The average Bonchev–Trinajstić information content (AvgIpc) is 2.78. The Hall–Kier alpha value is -1.65. The maximum absolute atomic E-state index is 6.08. The van der Waals surface area contributed by atoms with Crippen LogP contribution in [0, 0.1) is 20.8 Å². The van der Waals surface area contributed by atoms with Crippen LogP contribution in [0.1, 0.15) is 33.9 Å². The molecule has 0 aliphatic carbocycles. The number of aromatic nitrogens is 2. The van der Waals surface area contributed by atoms with Gasteiger partial charge in [-0.2, -0.15) is 5.10 Å². The van der Waals surface area contributed by atoms with Gasteiger partial charge >= 0.3 is 0 Å². The van der Waals surface area contributed by atoms with Crippen LogP contribution in [0.15, 0.2) is 24.5 Å². The lowest BCUT2D eigenvalue weighted by atomic mass is 9.93. The third-order valence-corrected chi connectivity index (χ3v) is 4.02. The highest BCUT2D eigenvalue weighted by Gasteiger charge is 2.20. The van der Waals surface area contributed by atoms with Crippen molar-refractivity contribution in [2.24, 2.45) is 12.8 Å². The molecule has 0 fully saturated rings. The zero-order valence-corrected chi connectivity index (χ0v) is 13.7. The summed E-state index contributed by atoms with van der Waals surface area (Å²) >= 11 is 0. The maximum atomic E-state index is 6.08. The summed E-state index contributed by atoms with van der Waals surface area (Å²) in [6.45, 7) is 7.95. The highest BCUT2D eigenvalue weighted by atomic mass is 15.2. The number of rotatable bonds is 5. The molecule has 0 saturated carbocycles. The first kappa shape index (κ1) is 15.7. The van der Waals surface area contributed by atoms with E-state index >= 15 is 0 Å². The number of nitrogens with two attached hydrogens (primary N) is 1. The highest BCUT2D eigenvalue weighted by Crippen LogP contribution is 2.27. The molecule has 2 aromatic rings. The zero-order chi connectivity index (χ0) is 15.6. The number of benzene rings is 1. The van der Waals surface area contributed by atoms with Crippen LogP contribution in [0.3, 0.4) is 0 Å². The van der Waals surface area contributed by atoms with Gasteiger partial charge in [-0.1, -0.05) is 17.7 Å². The maximum Gasteiger partial charge on any atom is 0.0534 e. The molecule has 0 bridgehead atoms. The van der Waals surface area contributed by atoms with Crippen molar-refractivity contribution in [1.82, 2.24) is 14.7 Å². The van der Waals surface area contributed by atoms with E-state index in [9.17, 15) is 0 Å². The van der Waals surface area contributed by atoms with Crippen LogP contribution in [0.4, 0.5) is 0 Å². The summed E-state index contributed by atoms with van der Waals surface area (Å²) in [5.41, 5.74) is 12.6. The first-order valence-corrected chi connectivity index (χ1v) is 7.38. The number of hydrogen-bond acceptors (Lipinski definition) is 3. The van der Waals surface area contributed by atoms with Crippen molar-refractivity contribution in [2.75, 3.05) is 13.6 Å². The smallest absolute Gasteiger partial charge is 0.0534 e. The second-order valence-corrected chi connectivity index (χ2v) is 6.00. The second-order valence-electron chi connectivity index (χ2n) is 6.00. The fraction of sp³-hybridized carbons (Fsp3) is 0.471. The van der Waals surface area contributed by atoms with Gasteiger partial charge in [0.15, 0.2) is 0 Å². The Labute approximate surface area is 127 Å². The molecule has 1 aromatic carbocycles. The van der Waals surface area contributed by atoms with Gasteiger partial charge in [-0.05, 0) is 44.5 Å². The van der Waals surface area contributed by atoms with E-state index in [2.05, 4.69) is 56.1 Å². The lowest BCUT2D eigenvalue weighted by molar-refractivity contribution is 0.240. The van der Waals surface area contributed by atoms with Crippen LogP contribution in [0.2, 0.25) is 0 Å². The molecule has 4 nitrogen and oxygen atoms in total. The Balaban J connectivity index is 2.27. The van der Waals surface area contributed by atoms with E-state index in [1.165, 1.54) is 27.8 Å². The summed E-state index contributed by atoms with van der Waals surface area (Å²) in [4.78, 5) is 2.31. The van der Waals surface area contributed by atoms with Crippen LogP contribution >= 0.6 is 0 Å². The van der Waals surface area contributed by atoms with Crippen LogP contribution < -0.4 is 5.73 Å². The SMILES string of the molecule is Cc1cc(C)c(C(CN)N(C)Cc2cnn(C)c2)c(C)c1. The van der Waals surface area contributed by atoms with E-state index in [-0.39, 0.29) is 6.04 Å². The third kappa shape index (κ3) is 3.52. The van der Waals surface area contributed by atoms with Gasteiger partial charge in [0.25, 0.3) is 0 Å². The quantitative estimate of drug-likeness (QED) is 0.918. The number of hydrogen-bond donors (Lipinski definition) is 1. The van der Waals surface area contributed by atoms with E-state index < -0.39 is 0 Å². The summed E-state index contributed by atoms with van der Waals surface area (Å²) in [5, 5.41) is 4.23. The first-order chi connectivity index (χ1) is 9.92. The summed E-state index contributed by atoms with van der Waals surface area (Å²) in [6.07, 6.45) is 3.97. The normalized spacial score (nSPS) is 12.9. The molecule has 2 rings (SSSR count). The van der Waals surface area contributed by atoms with Crippen molar-refractivity contribution < 1.29 is 0 Å². The van der Waals surface area contributed by atoms with Gasteiger partial charge in [0.05, 0.1) is 6.20 Å². The summed E-state index contributed by atoms with van der Waals surface area (Å²) in [7, 11) is 4.07. The first-order valence-electron chi connectivity index (χ1n) is 7.38. The predicted molar refractivity (Wildman–Crippen MR) is 87.1 cm³/mol. The lowest BCUT2D eigenvalue weighted by Gasteiger charge is -2.30. The fourth-order valence-corrected chi connectivity index (χ4v) is 3.19. The Morgan fingerprint density at radius 1 is 1.24 bits per heavy atom. The number of likely N-dealkylation sites (N-methyl/N-ethyl adjacent to an activating group) is 1. The van der Waals surface area contributed by atoms with Gasteiger partial charge in [0.1, 0.15) is 0 Å². The molecule has 0 amide bonds. The molecule has 1 unspecified atom stereocenters. The molecule has 0 aliphatic rings. The molecule has 1 atom stereocenters. The molecule has 1 aromatic heterocycles. The third-order valence-electron chi connectivity index (χ3n) is 4.02. The molecule has 21 heavy (non-hydrogen) atoms. The van der Waals surface area contributed by atoms with Gasteiger partial charge in [0.2, 0.25) is 0 Å². The lowest BCUT2D eigenvalue weighted by Crippen LogP contribution is -2.31. The van der Waals surface area contributed by atoms with Gasteiger partial charge in [-0.3, -0.25) is 9.58 Å². The van der Waals surface area contributed by atoms with Crippen LogP contribution in [0.25, 0.3) is 0 Å². The van der Waals surface area contributed by atoms with Crippen LogP contribution in [0.5, 0.6) is 0 Å². The summed E-state index contributed by atoms with van der Waals surface area (Å²) < 4.78 is 1.84. The predicted octanol–water partition coefficient (Wildman–Crippen LogP) is 2.48. The molecular weight excluding hydrogens is 260 g/mol. The molecule has 114 valence electrons. The van der Waals surface area contributed by atoms with Gasteiger partial charge in [-0.25, -0.2) is 0 Å². The summed E-state index contributed by atoms with van der Waals surface area (Å²) in [5.74, 6) is 0. The van der Waals surface area contributed by atoms with Crippen molar-refractivity contribution >= 4 is 0 Å². The van der Waals surface area contributed by atoms with E-state index in [4.69, 9.17) is 5.73 Å². The minimum absolute atomic E-state index is 0.228. The minimum Gasteiger partial charge on any atom is -0.329 e. The molecular formula is C17H26N4. The van der Waals surface area contributed by atoms with Crippen LogP contribution in [-0.4, -0.2) is 28.3 Å². The average molecular weight is 286 g/mol. The second kappa shape index (κ2) is 6.41. The molecule has 0 spiro atoms. The number of nitrogens with zero attached hydrogens (tertiary/aromatic N) is 3. The van der Waals surface area contributed by atoms with Gasteiger partial charge in [-0.15, -0.1) is 0 Å². The molecule has 0 saturated heterocycles. The Morgan fingerprint density at radius 2 is 1.86 bits per heavy atom. The van der Waals surface area contributed by atoms with Crippen molar-refractivity contribution in [1.29, 1.82) is 0 Å². The van der Waals surface area contributed by atoms with E-state index in [0.717, 1.165) is 6.54 Å². The van der Waals surface area contributed by atoms with Crippen molar-refractivity contribution in [3.8, 4) is 0 Å². The molecule has 1 heterocycles. The highest BCUT2D eigenvalue weighted by molar-refractivity contribution is 5.40. The van der Waals surface area contributed by atoms with E-state index in [1.807, 2.05) is 17.9 Å². The minimum atomic E-state index is 0.228. The fourth-order valence-electron chi connectivity index (χ4n) is 3.19. The van der Waals surface area contributed by atoms with Gasteiger partial charge < -0.3 is 5.73 Å². The van der Waals surface area contributed by atoms with Crippen molar-refractivity contribution in [2.45, 2.75) is 33.4 Å². The van der Waals surface area contributed by atoms with Gasteiger partial charge in [0, 0.05) is 37.9 Å². The largest absolute Gasteiger partial charge is 0.329 e. The Morgan fingerprint density at radius 3 is 2.33 bits per heavy atom. The molecule has 4 heteroatoms. The molecule has 0 radical (unpaired) electrons. The topological polar surface area (TPSA) is 47.1 Å². The Bertz CT molecular complexity index is 592. The molecule has 2 N–H and O–H groups in total. The molecule has 0 aliphatic heterocycles. The van der Waals surface area contributed by atoms with E-state index in [0.29, 0.717) is 6.54 Å². The zero-order valence-electron chi connectivity index (χ0n) is 13.7. The van der Waals surface area contributed by atoms with Crippen LogP contribution in [-0.2, 0) is 13.6 Å². The monoisotopic (exact) mass is 286 g/mol. The number of aryl methyl sites for hydroxylation is 4. The Kier molecular flexibility index (Phi) is 4.80. The summed E-state index contributed by atoms with van der Waals surface area (Å²) in [6, 6.07) is 4.71. The standard InChI is InChI=1S/C17H26N4/c1-12-6-13(2)17(14(3)7-12)16(8-18)20(4)10-15-9-19-21(5)11-15/h6-7,9,11,16H,8,10,18H2,1-5H3. The van der Waals surface area contributed by atoms with E-state index in [1.54, 1.807) is 0 Å². The van der Waals surface area contributed by atoms with Crippen molar-refractivity contribution in [3.63, 3.8) is 0 Å².